The SMILES string of the molecule is C=C/C=C\C(=C/C)c1ccc(C)cc1.CC.Cc1ccc(-c2cccc(-c3ccc4c(c3)-c3ccccc3C3=C(/C=C\C=C\N4)c4ccccc4C3(C)C)c2)cc1.Cc1ccccc1. The van der Waals surface area contributed by atoms with Gasteiger partial charge in [-0.15, -0.1) is 0 Å². The number of hydrogen-bond donors (Lipinski definition) is 1. The molecule has 7 aromatic carbocycles. The molecule has 1 N–H and O–H groups in total. The van der Waals surface area contributed by atoms with E-state index in [2.05, 4.69) is 229 Å². The number of allylic oxidation sites excluding steroid dienone is 10. The van der Waals surface area contributed by atoms with E-state index < -0.39 is 0 Å². The van der Waals surface area contributed by atoms with Crippen LogP contribution in [-0.4, -0.2) is 0 Å². The van der Waals surface area contributed by atoms with E-state index >= 15 is 0 Å². The van der Waals surface area contributed by atoms with Gasteiger partial charge < -0.3 is 5.32 Å². The Morgan fingerprint density at radius 3 is 1.73 bits per heavy atom. The largest absolute Gasteiger partial charge is 0.361 e. The minimum Gasteiger partial charge on any atom is -0.361 e. The zero-order valence-corrected chi connectivity index (χ0v) is 39.0. The minimum absolute atomic E-state index is 0.127. The van der Waals surface area contributed by atoms with E-state index in [0.717, 1.165) is 5.69 Å². The van der Waals surface area contributed by atoms with Crippen LogP contribution in [0, 0.1) is 20.8 Å². The van der Waals surface area contributed by atoms with Crippen LogP contribution in [0.5, 0.6) is 0 Å². The molecule has 0 saturated carbocycles. The van der Waals surface area contributed by atoms with E-state index in [1.54, 1.807) is 6.08 Å². The first-order chi connectivity index (χ1) is 31.2. The summed E-state index contributed by atoms with van der Waals surface area (Å²) >= 11 is 0. The fraction of sp³-hybridized carbons (Fsp3) is 0.143. The fourth-order valence-electron chi connectivity index (χ4n) is 8.31. The first-order valence-corrected chi connectivity index (χ1v) is 22.6. The Balaban J connectivity index is 0.000000243. The summed E-state index contributed by atoms with van der Waals surface area (Å²) in [6.45, 7) is 20.7. The predicted molar refractivity (Wildman–Crippen MR) is 282 cm³/mol. The summed E-state index contributed by atoms with van der Waals surface area (Å²) < 4.78 is 0. The molecule has 0 saturated heterocycles. The van der Waals surface area contributed by atoms with Gasteiger partial charge in [0.2, 0.25) is 0 Å². The summed E-state index contributed by atoms with van der Waals surface area (Å²) in [6, 6.07) is 61.0. The first-order valence-electron chi connectivity index (χ1n) is 22.6. The molecular weight excluding hydrogens is 771 g/mol. The van der Waals surface area contributed by atoms with Crippen LogP contribution in [0.25, 0.3) is 50.1 Å². The maximum absolute atomic E-state index is 3.66. The van der Waals surface area contributed by atoms with Gasteiger partial charge in [0, 0.05) is 22.9 Å². The lowest BCUT2D eigenvalue weighted by atomic mass is 9.76. The van der Waals surface area contributed by atoms with Crippen LogP contribution in [0.4, 0.5) is 5.69 Å². The second-order valence-corrected chi connectivity index (χ2v) is 16.4. The topological polar surface area (TPSA) is 12.0 Å². The van der Waals surface area contributed by atoms with Crippen molar-refractivity contribution in [1.82, 2.24) is 0 Å². The summed E-state index contributed by atoms with van der Waals surface area (Å²) in [5.41, 5.74) is 21.3. The van der Waals surface area contributed by atoms with Gasteiger partial charge in [0.15, 0.2) is 0 Å². The Hall–Kier alpha value is -7.22. The van der Waals surface area contributed by atoms with Gasteiger partial charge in [-0.2, -0.15) is 0 Å². The molecule has 1 heterocycles. The van der Waals surface area contributed by atoms with Crippen molar-refractivity contribution in [3.8, 4) is 33.4 Å². The van der Waals surface area contributed by atoms with E-state index in [1.165, 1.54) is 89.0 Å². The van der Waals surface area contributed by atoms with Crippen LogP contribution in [0.15, 0.2) is 225 Å². The van der Waals surface area contributed by atoms with Crippen LogP contribution >= 0.6 is 0 Å². The van der Waals surface area contributed by atoms with Crippen molar-refractivity contribution in [3.63, 3.8) is 0 Å². The predicted octanol–water partition coefficient (Wildman–Crippen LogP) is 17.9. The second kappa shape index (κ2) is 22.2. The van der Waals surface area contributed by atoms with Crippen molar-refractivity contribution in [2.24, 2.45) is 0 Å². The third-order valence-electron chi connectivity index (χ3n) is 11.6. The standard InChI is InChI=1S/C40H33N.C14H16.C7H8.C2H6/c1-27-18-20-28(21-19-27)29-11-10-12-30(25-29)31-22-23-38-36(26-31)32-13-4-5-15-34(32)39-35(16-8-9-24-41-38)33-14-6-7-17-37(33)40(39,2)3;1-4-6-7-13(5-2)14-10-8-12(3)9-11-14;1-7-5-3-2-4-6-7;1-2/h4-26,41H,1-3H3;4-11H,1H2,2-3H3;2-6H,1H3;1-2H3/b16-8-,24-9+;7-6-,13-5+;;. The van der Waals surface area contributed by atoms with Gasteiger partial charge in [-0.3, -0.25) is 0 Å². The molecule has 0 fully saturated rings. The molecule has 0 atom stereocenters. The molecule has 0 aromatic heterocycles. The first kappa shape index (κ1) is 46.3. The molecule has 9 rings (SSSR count). The lowest BCUT2D eigenvalue weighted by Crippen LogP contribution is -2.17. The highest BCUT2D eigenvalue weighted by Gasteiger charge is 2.38. The quantitative estimate of drug-likeness (QED) is 0.170. The Labute approximate surface area is 384 Å². The molecule has 0 unspecified atom stereocenters. The maximum atomic E-state index is 3.66. The van der Waals surface area contributed by atoms with E-state index in [1.807, 2.05) is 51.2 Å². The van der Waals surface area contributed by atoms with Gasteiger partial charge in [-0.25, -0.2) is 0 Å². The lowest BCUT2D eigenvalue weighted by Gasteiger charge is -2.27. The number of anilines is 1. The van der Waals surface area contributed by atoms with Crippen LogP contribution in [0.2, 0.25) is 0 Å². The Morgan fingerprint density at radius 1 is 0.531 bits per heavy atom. The average Bonchev–Trinajstić information content (AvgIpc) is 3.54. The van der Waals surface area contributed by atoms with Crippen molar-refractivity contribution >= 4 is 22.4 Å². The van der Waals surface area contributed by atoms with Gasteiger partial charge in [0.05, 0.1) is 0 Å². The highest BCUT2D eigenvalue weighted by molar-refractivity contribution is 6.08. The summed E-state index contributed by atoms with van der Waals surface area (Å²) in [7, 11) is 0. The molecule has 1 heteroatoms. The van der Waals surface area contributed by atoms with Crippen LogP contribution in [-0.2, 0) is 5.41 Å². The Kier molecular flexibility index (Phi) is 16.1. The average molecular weight is 834 g/mol. The van der Waals surface area contributed by atoms with Gasteiger partial charge in [-0.05, 0) is 119 Å². The number of aryl methyl sites for hydroxylation is 3. The molecule has 320 valence electrons. The number of fused-ring (bicyclic) bond motifs is 6. The number of rotatable bonds is 5. The molecule has 64 heavy (non-hydrogen) atoms. The van der Waals surface area contributed by atoms with Gasteiger partial charge >= 0.3 is 0 Å². The lowest BCUT2D eigenvalue weighted by molar-refractivity contribution is 0.704. The summed E-state index contributed by atoms with van der Waals surface area (Å²) in [5, 5.41) is 3.58. The van der Waals surface area contributed by atoms with Crippen molar-refractivity contribution in [3.05, 3.63) is 264 Å². The molecule has 2 aliphatic rings. The number of nitrogens with one attached hydrogen (secondary N) is 1. The Morgan fingerprint density at radius 2 is 1.09 bits per heavy atom. The highest BCUT2D eigenvalue weighted by atomic mass is 14.8. The van der Waals surface area contributed by atoms with E-state index in [-0.39, 0.29) is 5.41 Å². The molecule has 7 aromatic rings. The fourth-order valence-corrected chi connectivity index (χ4v) is 8.31. The monoisotopic (exact) mass is 833 g/mol. The summed E-state index contributed by atoms with van der Waals surface area (Å²) in [6.07, 6.45) is 16.5. The molecule has 0 radical (unpaired) electrons. The highest BCUT2D eigenvalue weighted by Crippen LogP contribution is 2.53. The van der Waals surface area contributed by atoms with E-state index in [4.69, 9.17) is 0 Å². The molecule has 1 aliphatic heterocycles. The third kappa shape index (κ3) is 11.0. The molecular formula is C63H63N. The van der Waals surface area contributed by atoms with E-state index in [9.17, 15) is 0 Å². The zero-order chi connectivity index (χ0) is 45.5. The van der Waals surface area contributed by atoms with Crippen LogP contribution < -0.4 is 5.32 Å². The van der Waals surface area contributed by atoms with Crippen molar-refractivity contribution in [2.45, 2.75) is 60.8 Å². The van der Waals surface area contributed by atoms with Crippen molar-refractivity contribution in [2.75, 3.05) is 5.32 Å². The second-order valence-electron chi connectivity index (χ2n) is 16.4. The smallest absolute Gasteiger partial charge is 0.0460 e. The molecule has 1 aliphatic carbocycles. The minimum atomic E-state index is -0.127. The van der Waals surface area contributed by atoms with Crippen LogP contribution in [0.1, 0.15) is 73.6 Å². The summed E-state index contributed by atoms with van der Waals surface area (Å²) in [4.78, 5) is 0. The summed E-state index contributed by atoms with van der Waals surface area (Å²) in [5.74, 6) is 0. The van der Waals surface area contributed by atoms with Crippen LogP contribution in [0.3, 0.4) is 0 Å². The normalized spacial score (nSPS) is 14.2. The zero-order valence-electron chi connectivity index (χ0n) is 39.0. The third-order valence-corrected chi connectivity index (χ3v) is 11.6. The van der Waals surface area contributed by atoms with Crippen molar-refractivity contribution < 1.29 is 0 Å². The maximum Gasteiger partial charge on any atom is 0.0460 e. The molecule has 0 spiro atoms. The molecule has 1 nitrogen and oxygen atoms in total. The molecule has 0 amide bonds. The van der Waals surface area contributed by atoms with Crippen molar-refractivity contribution in [1.29, 1.82) is 0 Å². The Bertz CT molecular complexity index is 2800. The number of benzene rings is 7. The van der Waals surface area contributed by atoms with E-state index in [0.29, 0.717) is 0 Å². The molecule has 0 bridgehead atoms. The van der Waals surface area contributed by atoms with Gasteiger partial charge in [0.1, 0.15) is 0 Å². The number of hydrogen-bond acceptors (Lipinski definition) is 1. The van der Waals surface area contributed by atoms with Gasteiger partial charge in [-0.1, -0.05) is 239 Å². The van der Waals surface area contributed by atoms with Gasteiger partial charge in [0.25, 0.3) is 0 Å².